The lowest BCUT2D eigenvalue weighted by molar-refractivity contribution is 0.576. The standard InChI is InChI=1S/C20H30N2/c1-2-3-4-5-6-7-8-9-11-17-15-14-16-12-10-13-18(21)19(16)20(17)22/h10,12-15H,2-9,11,21-22H2,1H3. The van der Waals surface area contributed by atoms with Crippen LogP contribution in [-0.2, 0) is 6.42 Å². The summed E-state index contributed by atoms with van der Waals surface area (Å²) in [6.45, 7) is 2.26. The zero-order valence-corrected chi connectivity index (χ0v) is 13.9. The van der Waals surface area contributed by atoms with Crippen molar-refractivity contribution in [1.29, 1.82) is 0 Å². The van der Waals surface area contributed by atoms with Crippen LogP contribution in [0.3, 0.4) is 0 Å². The molecule has 0 unspecified atom stereocenters. The lowest BCUT2D eigenvalue weighted by atomic mass is 9.98. The largest absolute Gasteiger partial charge is 0.398 e. The fourth-order valence-corrected chi connectivity index (χ4v) is 3.15. The third-order valence-electron chi connectivity index (χ3n) is 4.51. The van der Waals surface area contributed by atoms with Crippen molar-refractivity contribution in [3.8, 4) is 0 Å². The van der Waals surface area contributed by atoms with Crippen LogP contribution < -0.4 is 11.5 Å². The second kappa shape index (κ2) is 8.67. The summed E-state index contributed by atoms with van der Waals surface area (Å²) < 4.78 is 0. The molecule has 2 aromatic rings. The Morgan fingerprint density at radius 1 is 0.773 bits per heavy atom. The molecule has 0 radical (unpaired) electrons. The van der Waals surface area contributed by atoms with Crippen LogP contribution in [0.5, 0.6) is 0 Å². The lowest BCUT2D eigenvalue weighted by Crippen LogP contribution is -1.98. The third kappa shape index (κ3) is 4.40. The van der Waals surface area contributed by atoms with Crippen LogP contribution in [0.15, 0.2) is 30.3 Å². The molecule has 0 bridgehead atoms. The van der Waals surface area contributed by atoms with Gasteiger partial charge >= 0.3 is 0 Å². The summed E-state index contributed by atoms with van der Waals surface area (Å²) in [7, 11) is 0. The summed E-state index contributed by atoms with van der Waals surface area (Å²) >= 11 is 0. The van der Waals surface area contributed by atoms with Gasteiger partial charge in [-0.25, -0.2) is 0 Å². The van der Waals surface area contributed by atoms with E-state index in [9.17, 15) is 0 Å². The van der Waals surface area contributed by atoms with Crippen molar-refractivity contribution in [2.45, 2.75) is 64.7 Å². The molecule has 0 saturated carbocycles. The first-order chi connectivity index (χ1) is 10.7. The Labute approximate surface area is 134 Å². The Morgan fingerprint density at radius 2 is 1.45 bits per heavy atom. The molecule has 0 amide bonds. The molecule has 0 fully saturated rings. The van der Waals surface area contributed by atoms with E-state index in [0.29, 0.717) is 0 Å². The molecule has 0 aliphatic carbocycles. The second-order valence-electron chi connectivity index (χ2n) is 6.31. The number of hydrogen-bond donors (Lipinski definition) is 2. The van der Waals surface area contributed by atoms with E-state index in [1.807, 2.05) is 12.1 Å². The summed E-state index contributed by atoms with van der Waals surface area (Å²) in [6.07, 6.45) is 11.8. The molecule has 0 aromatic heterocycles. The summed E-state index contributed by atoms with van der Waals surface area (Å²) in [6, 6.07) is 10.3. The first-order valence-corrected chi connectivity index (χ1v) is 8.79. The van der Waals surface area contributed by atoms with Crippen LogP contribution in [0, 0.1) is 0 Å². The minimum Gasteiger partial charge on any atom is -0.398 e. The van der Waals surface area contributed by atoms with Crippen molar-refractivity contribution >= 4 is 22.1 Å². The van der Waals surface area contributed by atoms with E-state index in [0.717, 1.165) is 28.6 Å². The molecule has 0 atom stereocenters. The molecule has 2 heteroatoms. The zero-order chi connectivity index (χ0) is 15.8. The van der Waals surface area contributed by atoms with E-state index in [1.54, 1.807) is 0 Å². The van der Waals surface area contributed by atoms with Crippen LogP contribution in [0.1, 0.15) is 63.9 Å². The molecule has 0 saturated heterocycles. The van der Waals surface area contributed by atoms with Crippen LogP contribution in [0.25, 0.3) is 10.8 Å². The van der Waals surface area contributed by atoms with E-state index < -0.39 is 0 Å². The van der Waals surface area contributed by atoms with Gasteiger partial charge in [-0.3, -0.25) is 0 Å². The van der Waals surface area contributed by atoms with Gasteiger partial charge in [0.25, 0.3) is 0 Å². The normalized spacial score (nSPS) is 11.1. The first-order valence-electron chi connectivity index (χ1n) is 8.79. The first kappa shape index (κ1) is 16.7. The molecule has 2 nitrogen and oxygen atoms in total. The van der Waals surface area contributed by atoms with Gasteiger partial charge in [0.1, 0.15) is 0 Å². The smallest absolute Gasteiger partial charge is 0.0447 e. The molecule has 0 spiro atoms. The Morgan fingerprint density at radius 3 is 2.18 bits per heavy atom. The van der Waals surface area contributed by atoms with Gasteiger partial charge in [-0.1, -0.05) is 76.1 Å². The summed E-state index contributed by atoms with van der Waals surface area (Å²) in [5.41, 5.74) is 15.3. The van der Waals surface area contributed by atoms with Crippen LogP contribution in [0.2, 0.25) is 0 Å². The van der Waals surface area contributed by atoms with Crippen molar-refractivity contribution in [1.82, 2.24) is 0 Å². The van der Waals surface area contributed by atoms with E-state index >= 15 is 0 Å². The number of rotatable bonds is 9. The molecular weight excluding hydrogens is 268 g/mol. The minimum absolute atomic E-state index is 0.785. The highest BCUT2D eigenvalue weighted by atomic mass is 14.6. The van der Waals surface area contributed by atoms with Crippen LogP contribution >= 0.6 is 0 Å². The SMILES string of the molecule is CCCCCCCCCCc1ccc2cccc(N)c2c1N. The van der Waals surface area contributed by atoms with Gasteiger partial charge in [-0.15, -0.1) is 0 Å². The number of fused-ring (bicyclic) bond motifs is 1. The summed E-state index contributed by atoms with van der Waals surface area (Å²) in [5, 5.41) is 2.16. The molecule has 0 heterocycles. The number of nitrogens with two attached hydrogens (primary N) is 2. The Balaban J connectivity index is 1.82. The average molecular weight is 298 g/mol. The Hall–Kier alpha value is -1.70. The monoisotopic (exact) mass is 298 g/mol. The topological polar surface area (TPSA) is 52.0 Å². The number of nitrogen functional groups attached to an aromatic ring is 2. The molecule has 2 aromatic carbocycles. The third-order valence-corrected chi connectivity index (χ3v) is 4.51. The lowest BCUT2D eigenvalue weighted by Gasteiger charge is -2.11. The summed E-state index contributed by atoms with van der Waals surface area (Å²) in [5.74, 6) is 0. The average Bonchev–Trinajstić information content (AvgIpc) is 2.52. The van der Waals surface area contributed by atoms with Crippen molar-refractivity contribution in [3.05, 3.63) is 35.9 Å². The molecular formula is C20H30N2. The predicted molar refractivity (Wildman–Crippen MR) is 99.1 cm³/mol. The molecule has 22 heavy (non-hydrogen) atoms. The number of benzene rings is 2. The van der Waals surface area contributed by atoms with Gasteiger partial charge in [0.05, 0.1) is 0 Å². The zero-order valence-electron chi connectivity index (χ0n) is 13.9. The van der Waals surface area contributed by atoms with Crippen LogP contribution in [-0.4, -0.2) is 0 Å². The quantitative estimate of drug-likeness (QED) is 0.461. The highest BCUT2D eigenvalue weighted by molar-refractivity contribution is 6.02. The van der Waals surface area contributed by atoms with Gasteiger partial charge in [0.2, 0.25) is 0 Å². The van der Waals surface area contributed by atoms with Crippen molar-refractivity contribution in [2.24, 2.45) is 0 Å². The Kier molecular flexibility index (Phi) is 6.57. The van der Waals surface area contributed by atoms with Gasteiger partial charge < -0.3 is 11.5 Å². The maximum absolute atomic E-state index is 6.34. The molecule has 0 aliphatic heterocycles. The van der Waals surface area contributed by atoms with Crippen molar-refractivity contribution < 1.29 is 0 Å². The maximum Gasteiger partial charge on any atom is 0.0447 e. The Bertz CT molecular complexity index is 590. The molecule has 0 aliphatic rings. The summed E-state index contributed by atoms with van der Waals surface area (Å²) in [4.78, 5) is 0. The number of hydrogen-bond acceptors (Lipinski definition) is 2. The van der Waals surface area contributed by atoms with Crippen molar-refractivity contribution in [3.63, 3.8) is 0 Å². The molecule has 120 valence electrons. The van der Waals surface area contributed by atoms with Gasteiger partial charge in [0.15, 0.2) is 0 Å². The molecule has 4 N–H and O–H groups in total. The van der Waals surface area contributed by atoms with Gasteiger partial charge in [-0.05, 0) is 29.9 Å². The van der Waals surface area contributed by atoms with E-state index in [1.165, 1.54) is 56.9 Å². The number of anilines is 2. The van der Waals surface area contributed by atoms with E-state index in [-0.39, 0.29) is 0 Å². The highest BCUT2D eigenvalue weighted by Gasteiger charge is 2.06. The van der Waals surface area contributed by atoms with Gasteiger partial charge in [0, 0.05) is 16.8 Å². The molecule has 2 rings (SSSR count). The fraction of sp³-hybridized carbons (Fsp3) is 0.500. The minimum atomic E-state index is 0.785. The van der Waals surface area contributed by atoms with Crippen molar-refractivity contribution in [2.75, 3.05) is 11.5 Å². The van der Waals surface area contributed by atoms with Gasteiger partial charge in [-0.2, -0.15) is 0 Å². The fourth-order valence-electron chi connectivity index (χ4n) is 3.15. The number of aryl methyl sites for hydroxylation is 1. The second-order valence-corrected chi connectivity index (χ2v) is 6.31. The number of unbranched alkanes of at least 4 members (excludes halogenated alkanes) is 7. The van der Waals surface area contributed by atoms with Crippen LogP contribution in [0.4, 0.5) is 11.4 Å². The predicted octanol–water partition coefficient (Wildman–Crippen LogP) is 5.69. The van der Waals surface area contributed by atoms with E-state index in [2.05, 4.69) is 25.1 Å². The highest BCUT2D eigenvalue weighted by Crippen LogP contribution is 2.30. The van der Waals surface area contributed by atoms with E-state index in [4.69, 9.17) is 11.5 Å². The maximum atomic E-state index is 6.34.